The Bertz CT molecular complexity index is 582. The number of ether oxygens (including phenoxy) is 1. The first-order valence-corrected chi connectivity index (χ1v) is 8.68. The van der Waals surface area contributed by atoms with Gasteiger partial charge in [-0.3, -0.25) is 4.79 Å². The third-order valence-electron chi connectivity index (χ3n) is 3.12. The van der Waals surface area contributed by atoms with Crippen LogP contribution < -0.4 is 14.8 Å². The molecule has 6 nitrogen and oxygen atoms in total. The Kier molecular flexibility index (Phi) is 6.83. The van der Waals surface area contributed by atoms with Crippen molar-refractivity contribution in [2.24, 2.45) is 5.92 Å². The topological polar surface area (TPSA) is 84.5 Å². The van der Waals surface area contributed by atoms with E-state index in [4.69, 9.17) is 4.74 Å². The molecule has 0 aliphatic carbocycles. The normalized spacial score (nSPS) is 13.0. The van der Waals surface area contributed by atoms with Crippen LogP contribution >= 0.6 is 0 Å². The third-order valence-corrected chi connectivity index (χ3v) is 4.67. The highest BCUT2D eigenvalue weighted by Crippen LogP contribution is 2.15. The van der Waals surface area contributed by atoms with Gasteiger partial charge in [0.1, 0.15) is 5.75 Å². The van der Waals surface area contributed by atoms with Gasteiger partial charge in [-0.25, -0.2) is 8.42 Å². The minimum absolute atomic E-state index is 0.0927. The fourth-order valence-corrected chi connectivity index (χ4v) is 2.95. The van der Waals surface area contributed by atoms with Gasteiger partial charge in [-0.1, -0.05) is 13.8 Å². The summed E-state index contributed by atoms with van der Waals surface area (Å²) >= 11 is 0. The molecule has 0 aliphatic heterocycles. The van der Waals surface area contributed by atoms with E-state index in [1.54, 1.807) is 12.1 Å². The van der Waals surface area contributed by atoms with Gasteiger partial charge in [-0.05, 0) is 43.5 Å². The smallest absolute Gasteiger partial charge is 0.241 e. The van der Waals surface area contributed by atoms with Crippen LogP contribution in [0.2, 0.25) is 0 Å². The summed E-state index contributed by atoms with van der Waals surface area (Å²) in [6.07, 6.45) is 0.851. The number of hydrogen-bond acceptors (Lipinski definition) is 4. The Morgan fingerprint density at radius 3 is 2.27 bits per heavy atom. The molecule has 0 bridgehead atoms. The van der Waals surface area contributed by atoms with E-state index in [1.165, 1.54) is 26.2 Å². The number of methoxy groups -OCH3 is 1. The molecule has 0 aliphatic rings. The van der Waals surface area contributed by atoms with Crippen LogP contribution in [0.5, 0.6) is 5.75 Å². The lowest BCUT2D eigenvalue weighted by atomic mass is 10.1. The van der Waals surface area contributed by atoms with Gasteiger partial charge in [-0.15, -0.1) is 0 Å². The third kappa shape index (κ3) is 5.65. The Balaban J connectivity index is 2.64. The van der Waals surface area contributed by atoms with E-state index in [0.29, 0.717) is 18.2 Å². The first kappa shape index (κ1) is 18.4. The lowest BCUT2D eigenvalue weighted by Crippen LogP contribution is -2.45. The largest absolute Gasteiger partial charge is 0.497 e. The number of rotatable bonds is 8. The van der Waals surface area contributed by atoms with E-state index in [9.17, 15) is 13.2 Å². The molecule has 124 valence electrons. The van der Waals surface area contributed by atoms with Crippen molar-refractivity contribution >= 4 is 15.9 Å². The molecule has 22 heavy (non-hydrogen) atoms. The molecule has 0 saturated carbocycles. The minimum atomic E-state index is -3.74. The Labute approximate surface area is 132 Å². The van der Waals surface area contributed by atoms with Crippen molar-refractivity contribution in [2.75, 3.05) is 13.7 Å². The van der Waals surface area contributed by atoms with Gasteiger partial charge in [0.15, 0.2) is 0 Å². The average molecular weight is 328 g/mol. The van der Waals surface area contributed by atoms with Crippen molar-refractivity contribution in [3.8, 4) is 5.75 Å². The van der Waals surface area contributed by atoms with Crippen LogP contribution in [0.15, 0.2) is 29.2 Å². The van der Waals surface area contributed by atoms with Crippen molar-refractivity contribution in [1.29, 1.82) is 0 Å². The monoisotopic (exact) mass is 328 g/mol. The second-order valence-electron chi connectivity index (χ2n) is 5.49. The molecule has 1 atom stereocenters. The van der Waals surface area contributed by atoms with Crippen LogP contribution in [-0.2, 0) is 14.8 Å². The second kappa shape index (κ2) is 8.14. The number of sulfonamides is 1. The molecule has 1 aromatic rings. The lowest BCUT2D eigenvalue weighted by molar-refractivity contribution is -0.122. The zero-order valence-corrected chi connectivity index (χ0v) is 14.2. The van der Waals surface area contributed by atoms with Crippen LogP contribution in [-0.4, -0.2) is 34.0 Å². The molecule has 0 saturated heterocycles. The van der Waals surface area contributed by atoms with Gasteiger partial charge in [0.25, 0.3) is 0 Å². The molecule has 0 heterocycles. The SMILES string of the molecule is COc1ccc(S(=O)(=O)N[C@H](C)C(=O)NCCC(C)C)cc1. The predicted octanol–water partition coefficient (Wildman–Crippen LogP) is 1.52. The van der Waals surface area contributed by atoms with Crippen LogP contribution in [0.1, 0.15) is 27.2 Å². The molecule has 0 unspecified atom stereocenters. The minimum Gasteiger partial charge on any atom is -0.497 e. The zero-order chi connectivity index (χ0) is 16.8. The zero-order valence-electron chi connectivity index (χ0n) is 13.4. The number of carbonyl (C=O) groups is 1. The summed E-state index contributed by atoms with van der Waals surface area (Å²) in [5.74, 6) is 0.711. The fraction of sp³-hybridized carbons (Fsp3) is 0.533. The molecule has 7 heteroatoms. The number of nitrogens with one attached hydrogen (secondary N) is 2. The molecule has 2 N–H and O–H groups in total. The predicted molar refractivity (Wildman–Crippen MR) is 85.2 cm³/mol. The van der Waals surface area contributed by atoms with Crippen molar-refractivity contribution in [1.82, 2.24) is 10.0 Å². The quantitative estimate of drug-likeness (QED) is 0.758. The van der Waals surface area contributed by atoms with E-state index in [2.05, 4.69) is 23.9 Å². The molecule has 1 rings (SSSR count). The first-order valence-electron chi connectivity index (χ1n) is 7.20. The van der Waals surface area contributed by atoms with Gasteiger partial charge in [0.2, 0.25) is 15.9 Å². The van der Waals surface area contributed by atoms with Crippen LogP contribution in [0, 0.1) is 5.92 Å². The van der Waals surface area contributed by atoms with E-state index in [-0.39, 0.29) is 10.8 Å². The molecule has 0 spiro atoms. The summed E-state index contributed by atoms with van der Waals surface area (Å²) in [6, 6.07) is 5.15. The molecule has 0 aromatic heterocycles. The van der Waals surface area contributed by atoms with E-state index >= 15 is 0 Å². The van der Waals surface area contributed by atoms with Crippen LogP contribution in [0.4, 0.5) is 0 Å². The summed E-state index contributed by atoms with van der Waals surface area (Å²) in [7, 11) is -2.23. The van der Waals surface area contributed by atoms with Gasteiger partial charge in [0.05, 0.1) is 18.0 Å². The maximum Gasteiger partial charge on any atom is 0.241 e. The summed E-state index contributed by atoms with van der Waals surface area (Å²) in [6.45, 7) is 6.17. The maximum absolute atomic E-state index is 12.2. The molecular weight excluding hydrogens is 304 g/mol. The van der Waals surface area contributed by atoms with Crippen molar-refractivity contribution in [3.05, 3.63) is 24.3 Å². The van der Waals surface area contributed by atoms with Crippen molar-refractivity contribution < 1.29 is 17.9 Å². The average Bonchev–Trinajstić information content (AvgIpc) is 2.46. The number of hydrogen-bond donors (Lipinski definition) is 2. The summed E-state index contributed by atoms with van der Waals surface area (Å²) in [4.78, 5) is 12.0. The van der Waals surface area contributed by atoms with E-state index < -0.39 is 16.1 Å². The number of carbonyl (C=O) groups excluding carboxylic acids is 1. The number of benzene rings is 1. The fourth-order valence-electron chi connectivity index (χ4n) is 1.75. The van der Waals surface area contributed by atoms with Crippen LogP contribution in [0.25, 0.3) is 0 Å². The Morgan fingerprint density at radius 1 is 1.18 bits per heavy atom. The number of amides is 1. The molecule has 0 fully saturated rings. The molecular formula is C15H24N2O4S. The van der Waals surface area contributed by atoms with Gasteiger partial charge >= 0.3 is 0 Å². The maximum atomic E-state index is 12.2. The summed E-state index contributed by atoms with van der Waals surface area (Å²) in [5.41, 5.74) is 0. The van der Waals surface area contributed by atoms with Crippen molar-refractivity contribution in [3.63, 3.8) is 0 Å². The summed E-state index contributed by atoms with van der Waals surface area (Å²) < 4.78 is 31.7. The Morgan fingerprint density at radius 2 is 1.77 bits per heavy atom. The summed E-state index contributed by atoms with van der Waals surface area (Å²) in [5, 5.41) is 2.72. The van der Waals surface area contributed by atoms with Gasteiger partial charge in [0, 0.05) is 6.54 Å². The van der Waals surface area contributed by atoms with Crippen LogP contribution in [0.3, 0.4) is 0 Å². The Hall–Kier alpha value is -1.60. The highest BCUT2D eigenvalue weighted by atomic mass is 32.2. The molecule has 0 radical (unpaired) electrons. The molecule has 1 aromatic carbocycles. The van der Waals surface area contributed by atoms with E-state index in [0.717, 1.165) is 6.42 Å². The first-order chi connectivity index (χ1) is 10.3. The lowest BCUT2D eigenvalue weighted by Gasteiger charge is -2.15. The van der Waals surface area contributed by atoms with E-state index in [1.807, 2.05) is 0 Å². The van der Waals surface area contributed by atoms with Crippen molar-refractivity contribution in [2.45, 2.75) is 38.1 Å². The molecule has 1 amide bonds. The van der Waals surface area contributed by atoms with Gasteiger partial charge in [-0.2, -0.15) is 4.72 Å². The second-order valence-corrected chi connectivity index (χ2v) is 7.21. The highest BCUT2D eigenvalue weighted by Gasteiger charge is 2.21. The van der Waals surface area contributed by atoms with Gasteiger partial charge < -0.3 is 10.1 Å². The highest BCUT2D eigenvalue weighted by molar-refractivity contribution is 7.89. The standard InChI is InChI=1S/C15H24N2O4S/c1-11(2)9-10-16-15(18)12(3)17-22(19,20)14-7-5-13(21-4)6-8-14/h5-8,11-12,17H,9-10H2,1-4H3,(H,16,18)/t12-/m1/s1.